The van der Waals surface area contributed by atoms with Crippen LogP contribution in [-0.2, 0) is 6.42 Å². The van der Waals surface area contributed by atoms with E-state index in [1.54, 1.807) is 0 Å². The average Bonchev–Trinajstić information content (AvgIpc) is 2.79. The molecule has 1 heterocycles. The second-order valence-corrected chi connectivity index (χ2v) is 6.61. The molecule has 0 saturated carbocycles. The number of hydrogen-bond acceptors (Lipinski definition) is 3. The fraction of sp³-hybridized carbons (Fsp3) is 0.133. The quantitative estimate of drug-likeness (QED) is 0.730. The summed E-state index contributed by atoms with van der Waals surface area (Å²) in [6, 6.07) is 9.83. The Hall–Kier alpha value is -1.37. The first-order valence-corrected chi connectivity index (χ1v) is 7.82. The normalized spacial score (nSPS) is 12.8. The van der Waals surface area contributed by atoms with Gasteiger partial charge in [-0.1, -0.05) is 28.1 Å². The van der Waals surface area contributed by atoms with Gasteiger partial charge in [0.2, 0.25) is 0 Å². The van der Waals surface area contributed by atoms with Crippen molar-refractivity contribution in [1.29, 1.82) is 0 Å². The summed E-state index contributed by atoms with van der Waals surface area (Å²) in [4.78, 5) is 4.36. The molecule has 2 nitrogen and oxygen atoms in total. The molecule has 108 valence electrons. The van der Waals surface area contributed by atoms with Gasteiger partial charge < -0.3 is 5.11 Å². The zero-order chi connectivity index (χ0) is 15.0. The molecule has 1 N–H and O–H groups in total. The zero-order valence-corrected chi connectivity index (χ0v) is 13.1. The maximum Gasteiger partial charge on any atom is 0.133 e. The molecule has 1 unspecified atom stereocenters. The van der Waals surface area contributed by atoms with E-state index in [-0.39, 0.29) is 12.0 Å². The Kier molecular flexibility index (Phi) is 4.01. The Morgan fingerprint density at radius 2 is 1.86 bits per heavy atom. The van der Waals surface area contributed by atoms with Gasteiger partial charge in [0.1, 0.15) is 11.6 Å². The molecular weight excluding hydrogens is 360 g/mol. The lowest BCUT2D eigenvalue weighted by Crippen LogP contribution is -2.07. The van der Waals surface area contributed by atoms with Gasteiger partial charge in [-0.3, -0.25) is 0 Å². The minimum atomic E-state index is -1.27. The third kappa shape index (κ3) is 2.97. The van der Waals surface area contributed by atoms with Crippen molar-refractivity contribution in [3.05, 3.63) is 63.1 Å². The summed E-state index contributed by atoms with van der Waals surface area (Å²) >= 11 is 4.42. The van der Waals surface area contributed by atoms with E-state index >= 15 is 0 Å². The van der Waals surface area contributed by atoms with Crippen LogP contribution in [0.5, 0.6) is 0 Å². The minimum absolute atomic E-state index is 0.0782. The predicted molar refractivity (Wildman–Crippen MR) is 82.3 cm³/mol. The molecule has 0 fully saturated rings. The summed E-state index contributed by atoms with van der Waals surface area (Å²) in [7, 11) is 0. The molecule has 21 heavy (non-hydrogen) atoms. The summed E-state index contributed by atoms with van der Waals surface area (Å²) in [5, 5.41) is 10.8. The summed E-state index contributed by atoms with van der Waals surface area (Å²) < 4.78 is 28.9. The number of rotatable bonds is 3. The zero-order valence-electron chi connectivity index (χ0n) is 10.7. The lowest BCUT2D eigenvalue weighted by Gasteiger charge is -2.11. The summed E-state index contributed by atoms with van der Waals surface area (Å²) in [5.41, 5.74) is 0.499. The third-order valence-electron chi connectivity index (χ3n) is 3.08. The maximum absolute atomic E-state index is 13.8. The van der Waals surface area contributed by atoms with Crippen molar-refractivity contribution in [1.82, 2.24) is 4.98 Å². The molecule has 0 saturated heterocycles. The topological polar surface area (TPSA) is 33.1 Å². The van der Waals surface area contributed by atoms with Crippen LogP contribution < -0.4 is 0 Å². The molecule has 1 atom stereocenters. The van der Waals surface area contributed by atoms with Crippen LogP contribution in [0.3, 0.4) is 0 Å². The molecule has 0 aliphatic heterocycles. The molecule has 0 bridgehead atoms. The number of benzene rings is 2. The summed E-state index contributed by atoms with van der Waals surface area (Å²) in [6.07, 6.45) is -1.19. The number of para-hydroxylation sites is 1. The minimum Gasteiger partial charge on any atom is -0.388 e. The molecule has 2 aromatic carbocycles. The molecule has 6 heteroatoms. The lowest BCUT2D eigenvalue weighted by atomic mass is 10.1. The van der Waals surface area contributed by atoms with Crippen LogP contribution in [0.15, 0.2) is 40.9 Å². The molecule has 0 radical (unpaired) electrons. The Balaban J connectivity index is 1.91. The fourth-order valence-electron chi connectivity index (χ4n) is 2.15. The van der Waals surface area contributed by atoms with E-state index in [9.17, 15) is 13.9 Å². The highest BCUT2D eigenvalue weighted by atomic mass is 79.9. The van der Waals surface area contributed by atoms with Crippen molar-refractivity contribution >= 4 is 37.5 Å². The second-order valence-electron chi connectivity index (χ2n) is 4.58. The van der Waals surface area contributed by atoms with Gasteiger partial charge in [-0.15, -0.1) is 11.3 Å². The fourth-order valence-corrected chi connectivity index (χ4v) is 3.55. The van der Waals surface area contributed by atoms with E-state index < -0.39 is 17.7 Å². The summed E-state index contributed by atoms with van der Waals surface area (Å²) in [6.45, 7) is 0. The number of nitrogens with zero attached hydrogens (tertiary/aromatic N) is 1. The van der Waals surface area contributed by atoms with Crippen molar-refractivity contribution in [3.8, 4) is 0 Å². The van der Waals surface area contributed by atoms with Gasteiger partial charge in [0, 0.05) is 10.9 Å². The Bertz CT molecular complexity index is 749. The van der Waals surface area contributed by atoms with Crippen LogP contribution >= 0.6 is 27.3 Å². The highest BCUT2D eigenvalue weighted by Crippen LogP contribution is 2.29. The molecule has 0 amide bonds. The first-order chi connectivity index (χ1) is 10.0. The van der Waals surface area contributed by atoms with E-state index in [0.29, 0.717) is 9.48 Å². The molecular formula is C15H10BrF2NOS. The van der Waals surface area contributed by atoms with Gasteiger partial charge in [-0.2, -0.15) is 0 Å². The highest BCUT2D eigenvalue weighted by molar-refractivity contribution is 9.10. The van der Waals surface area contributed by atoms with Crippen LogP contribution in [0.25, 0.3) is 10.2 Å². The molecule has 3 aromatic rings. The first-order valence-electron chi connectivity index (χ1n) is 6.21. The van der Waals surface area contributed by atoms with Crippen molar-refractivity contribution in [2.24, 2.45) is 0 Å². The number of aromatic nitrogens is 1. The van der Waals surface area contributed by atoms with Gasteiger partial charge in [-0.25, -0.2) is 13.8 Å². The van der Waals surface area contributed by atoms with Crippen LogP contribution in [0.4, 0.5) is 8.78 Å². The standard InChI is InChI=1S/C15H10BrF2NOS/c16-8-5-9(17)15(10(18)6-8)12(20)7-14-19-11-3-1-2-4-13(11)21-14/h1-6,12,20H,7H2. The number of hydrogen-bond donors (Lipinski definition) is 1. The van der Waals surface area contributed by atoms with Crippen molar-refractivity contribution in [3.63, 3.8) is 0 Å². The van der Waals surface area contributed by atoms with Crippen molar-refractivity contribution in [2.75, 3.05) is 0 Å². The highest BCUT2D eigenvalue weighted by Gasteiger charge is 2.20. The molecule has 0 spiro atoms. The summed E-state index contributed by atoms with van der Waals surface area (Å²) in [5.74, 6) is -1.54. The molecule has 0 aliphatic carbocycles. The van der Waals surface area contributed by atoms with Crippen LogP contribution in [0.1, 0.15) is 16.7 Å². The number of aliphatic hydroxyl groups excluding tert-OH is 1. The van der Waals surface area contributed by atoms with E-state index in [2.05, 4.69) is 20.9 Å². The Morgan fingerprint density at radius 1 is 1.19 bits per heavy atom. The van der Waals surface area contributed by atoms with Crippen LogP contribution in [-0.4, -0.2) is 10.1 Å². The van der Waals surface area contributed by atoms with E-state index in [4.69, 9.17) is 0 Å². The van der Waals surface area contributed by atoms with Crippen molar-refractivity contribution in [2.45, 2.75) is 12.5 Å². The SMILES string of the molecule is OC(Cc1nc2ccccc2s1)c1c(F)cc(Br)cc1F. The van der Waals surface area contributed by atoms with Gasteiger partial charge >= 0.3 is 0 Å². The second kappa shape index (κ2) is 5.79. The van der Waals surface area contributed by atoms with Crippen LogP contribution in [0, 0.1) is 11.6 Å². The van der Waals surface area contributed by atoms with Gasteiger partial charge in [0.25, 0.3) is 0 Å². The van der Waals surface area contributed by atoms with E-state index in [1.807, 2.05) is 24.3 Å². The predicted octanol–water partition coefficient (Wildman–Crippen LogP) is 4.61. The van der Waals surface area contributed by atoms with E-state index in [0.717, 1.165) is 22.3 Å². The first kappa shape index (κ1) is 14.6. The number of fused-ring (bicyclic) bond motifs is 1. The largest absolute Gasteiger partial charge is 0.388 e. The molecule has 0 aliphatic rings. The number of halogens is 3. The van der Waals surface area contributed by atoms with Gasteiger partial charge in [0.15, 0.2) is 0 Å². The third-order valence-corrected chi connectivity index (χ3v) is 4.60. The molecule has 1 aromatic heterocycles. The average molecular weight is 370 g/mol. The van der Waals surface area contributed by atoms with E-state index in [1.165, 1.54) is 11.3 Å². The van der Waals surface area contributed by atoms with Gasteiger partial charge in [0.05, 0.1) is 26.9 Å². The number of aliphatic hydroxyl groups is 1. The van der Waals surface area contributed by atoms with Crippen molar-refractivity contribution < 1.29 is 13.9 Å². The maximum atomic E-state index is 13.8. The Morgan fingerprint density at radius 3 is 2.52 bits per heavy atom. The lowest BCUT2D eigenvalue weighted by molar-refractivity contribution is 0.168. The van der Waals surface area contributed by atoms with Crippen LogP contribution in [0.2, 0.25) is 0 Å². The molecule has 3 rings (SSSR count). The smallest absolute Gasteiger partial charge is 0.133 e. The monoisotopic (exact) mass is 369 g/mol. The van der Waals surface area contributed by atoms with Gasteiger partial charge in [-0.05, 0) is 24.3 Å². The Labute approximate surface area is 132 Å². The number of thiazole rings is 1.